The van der Waals surface area contributed by atoms with E-state index in [-0.39, 0.29) is 40.8 Å². The zero-order valence-corrected chi connectivity index (χ0v) is 15.1. The monoisotopic (exact) mass is 337 g/mol. The summed E-state index contributed by atoms with van der Waals surface area (Å²) >= 11 is 0. The van der Waals surface area contributed by atoms with E-state index < -0.39 is 5.97 Å². The van der Waals surface area contributed by atoms with Crippen LogP contribution in [0, 0.1) is 17.3 Å². The summed E-state index contributed by atoms with van der Waals surface area (Å²) in [7, 11) is 0. The number of carbonyl (C=O) groups is 2. The largest absolute Gasteiger partial charge is 0.481 e. The van der Waals surface area contributed by atoms with Crippen LogP contribution < -0.4 is 10.6 Å². The fourth-order valence-electron chi connectivity index (χ4n) is 3.32. The molecule has 1 aromatic heterocycles. The molecule has 0 radical (unpaired) electrons. The summed E-state index contributed by atoms with van der Waals surface area (Å²) in [5.74, 6) is -0.779. The van der Waals surface area contributed by atoms with Crippen molar-refractivity contribution in [2.75, 3.05) is 5.32 Å². The van der Waals surface area contributed by atoms with Gasteiger partial charge in [-0.3, -0.25) is 10.1 Å². The first kappa shape index (κ1) is 18.2. The summed E-state index contributed by atoms with van der Waals surface area (Å²) < 4.78 is 1.68. The smallest absolute Gasteiger partial charge is 0.321 e. The third-order valence-corrected chi connectivity index (χ3v) is 5.01. The highest BCUT2D eigenvalue weighted by Crippen LogP contribution is 2.52. The predicted molar refractivity (Wildman–Crippen MR) is 89.6 cm³/mol. The van der Waals surface area contributed by atoms with Gasteiger partial charge in [0.25, 0.3) is 0 Å². The Bertz CT molecular complexity index is 632. The molecule has 1 saturated carbocycles. The van der Waals surface area contributed by atoms with E-state index in [1.165, 1.54) is 0 Å². The normalized spacial score (nSPS) is 23.9. The number of carboxylic acids is 1. The minimum atomic E-state index is -0.773. The van der Waals surface area contributed by atoms with Gasteiger partial charge in [-0.25, -0.2) is 14.5 Å². The van der Waals surface area contributed by atoms with Crippen LogP contribution in [0.2, 0.25) is 0 Å². The molecule has 24 heavy (non-hydrogen) atoms. The molecule has 8 nitrogen and oxygen atoms in total. The highest BCUT2D eigenvalue weighted by Gasteiger charge is 2.53. The maximum absolute atomic E-state index is 12.1. The van der Waals surface area contributed by atoms with Crippen LogP contribution in [0.1, 0.15) is 48.0 Å². The number of nitrogens with one attached hydrogen (secondary N) is 2. The lowest BCUT2D eigenvalue weighted by atomic mass is 9.53. The minimum Gasteiger partial charge on any atom is -0.481 e. The van der Waals surface area contributed by atoms with E-state index >= 15 is 0 Å². The Morgan fingerprint density at radius 2 is 2.04 bits per heavy atom. The van der Waals surface area contributed by atoms with E-state index in [2.05, 4.69) is 20.7 Å². The number of hydrogen-bond acceptors (Lipinski definition) is 4. The Kier molecular flexibility index (Phi) is 4.61. The Balaban J connectivity index is 1.91. The number of carbonyl (C=O) groups excluding carboxylic acids is 1. The van der Waals surface area contributed by atoms with E-state index in [0.29, 0.717) is 6.42 Å². The third kappa shape index (κ3) is 3.52. The van der Waals surface area contributed by atoms with E-state index in [0.717, 1.165) is 0 Å². The fourth-order valence-corrected chi connectivity index (χ4v) is 3.32. The van der Waals surface area contributed by atoms with Gasteiger partial charge in [0.15, 0.2) is 0 Å². The molecule has 0 aromatic carbocycles. The first-order valence-electron chi connectivity index (χ1n) is 8.15. The van der Waals surface area contributed by atoms with Crippen molar-refractivity contribution in [3.05, 3.63) is 6.33 Å². The number of hydrogen-bond donors (Lipinski definition) is 3. The van der Waals surface area contributed by atoms with Crippen molar-refractivity contribution in [3.63, 3.8) is 0 Å². The number of carboxylic acid groups (broad SMARTS) is 1. The SMILES string of the molecule is CC(NC(=O)Nc1ncn(C(C)(C)C)n1)[C@@H]1C[C@H](C(=O)O)C1(C)C. The van der Waals surface area contributed by atoms with Crippen LogP contribution >= 0.6 is 0 Å². The van der Waals surface area contributed by atoms with Gasteiger partial charge in [-0.2, -0.15) is 0 Å². The molecule has 1 aliphatic carbocycles. The second-order valence-corrected chi connectivity index (χ2v) is 8.13. The maximum Gasteiger partial charge on any atom is 0.321 e. The van der Waals surface area contributed by atoms with Gasteiger partial charge in [-0.15, -0.1) is 5.10 Å². The molecule has 2 amide bonds. The van der Waals surface area contributed by atoms with Crippen LogP contribution in [0.5, 0.6) is 0 Å². The standard InChI is InChI=1S/C16H27N5O3/c1-9(10-7-11(12(22)23)16(10,5)6)18-14(24)19-13-17-8-21(20-13)15(2,3)4/h8-11H,7H2,1-6H3,(H,22,23)(H2,18,19,20,24)/t9?,10-,11+/m0/s1. The summed E-state index contributed by atoms with van der Waals surface area (Å²) in [5.41, 5.74) is -0.552. The van der Waals surface area contributed by atoms with Crippen molar-refractivity contribution in [3.8, 4) is 0 Å². The number of anilines is 1. The number of urea groups is 1. The van der Waals surface area contributed by atoms with Crippen LogP contribution in [-0.2, 0) is 10.3 Å². The highest BCUT2D eigenvalue weighted by molar-refractivity contribution is 5.87. The van der Waals surface area contributed by atoms with Crippen molar-refractivity contribution < 1.29 is 14.7 Å². The van der Waals surface area contributed by atoms with E-state index in [1.807, 2.05) is 41.5 Å². The molecule has 8 heteroatoms. The van der Waals surface area contributed by atoms with Crippen LogP contribution in [0.25, 0.3) is 0 Å². The van der Waals surface area contributed by atoms with Crippen molar-refractivity contribution in [2.45, 2.75) is 59.5 Å². The zero-order valence-electron chi connectivity index (χ0n) is 15.1. The third-order valence-electron chi connectivity index (χ3n) is 5.01. The van der Waals surface area contributed by atoms with Gasteiger partial charge in [0.2, 0.25) is 5.95 Å². The summed E-state index contributed by atoms with van der Waals surface area (Å²) in [6, 6.07) is -0.524. The molecule has 0 spiro atoms. The molecular formula is C16H27N5O3. The van der Waals surface area contributed by atoms with Crippen LogP contribution in [0.3, 0.4) is 0 Å². The molecule has 0 saturated heterocycles. The van der Waals surface area contributed by atoms with Crippen LogP contribution in [0.15, 0.2) is 6.33 Å². The maximum atomic E-state index is 12.1. The summed E-state index contributed by atoms with van der Waals surface area (Å²) in [5, 5.41) is 18.9. The molecule has 0 bridgehead atoms. The number of rotatable bonds is 4. The van der Waals surface area contributed by atoms with Crippen molar-refractivity contribution in [2.24, 2.45) is 17.3 Å². The second-order valence-electron chi connectivity index (χ2n) is 8.13. The number of nitrogens with zero attached hydrogens (tertiary/aromatic N) is 3. The Morgan fingerprint density at radius 3 is 2.50 bits per heavy atom. The summed E-state index contributed by atoms with van der Waals surface area (Å²) in [4.78, 5) is 27.4. The van der Waals surface area contributed by atoms with Gasteiger partial charge in [0.05, 0.1) is 11.5 Å². The zero-order chi connectivity index (χ0) is 18.3. The van der Waals surface area contributed by atoms with Gasteiger partial charge in [0, 0.05) is 6.04 Å². The molecule has 1 aliphatic rings. The summed E-state index contributed by atoms with van der Waals surface area (Å²) in [6.07, 6.45) is 2.15. The molecule has 3 atom stereocenters. The van der Waals surface area contributed by atoms with Crippen molar-refractivity contribution >= 4 is 17.9 Å². The van der Waals surface area contributed by atoms with Gasteiger partial charge >= 0.3 is 12.0 Å². The molecule has 2 rings (SSSR count). The quantitative estimate of drug-likeness (QED) is 0.781. The molecule has 1 fully saturated rings. The van der Waals surface area contributed by atoms with E-state index in [9.17, 15) is 14.7 Å². The predicted octanol–water partition coefficient (Wildman–Crippen LogP) is 2.29. The van der Waals surface area contributed by atoms with Gasteiger partial charge < -0.3 is 10.4 Å². The highest BCUT2D eigenvalue weighted by atomic mass is 16.4. The first-order valence-corrected chi connectivity index (χ1v) is 8.15. The van der Waals surface area contributed by atoms with Crippen LogP contribution in [-0.4, -0.2) is 37.9 Å². The van der Waals surface area contributed by atoms with Crippen LogP contribution in [0.4, 0.5) is 10.7 Å². The molecule has 1 aromatic rings. The minimum absolute atomic E-state index is 0.115. The van der Waals surface area contributed by atoms with Gasteiger partial charge in [-0.05, 0) is 45.4 Å². The molecule has 0 aliphatic heterocycles. The molecular weight excluding hydrogens is 310 g/mol. The molecule has 1 heterocycles. The number of amides is 2. The average molecular weight is 337 g/mol. The van der Waals surface area contributed by atoms with Crippen molar-refractivity contribution in [1.82, 2.24) is 20.1 Å². The van der Waals surface area contributed by atoms with Gasteiger partial charge in [0.1, 0.15) is 6.33 Å². The van der Waals surface area contributed by atoms with Gasteiger partial charge in [-0.1, -0.05) is 13.8 Å². The Labute approximate surface area is 142 Å². The second kappa shape index (κ2) is 6.07. The van der Waals surface area contributed by atoms with E-state index in [4.69, 9.17) is 0 Å². The lowest BCUT2D eigenvalue weighted by Gasteiger charge is -2.52. The Morgan fingerprint density at radius 1 is 1.42 bits per heavy atom. The molecule has 3 N–H and O–H groups in total. The topological polar surface area (TPSA) is 109 Å². The molecule has 1 unspecified atom stereocenters. The van der Waals surface area contributed by atoms with E-state index in [1.54, 1.807) is 11.0 Å². The van der Waals surface area contributed by atoms with Crippen molar-refractivity contribution in [1.29, 1.82) is 0 Å². The lowest BCUT2D eigenvalue weighted by Crippen LogP contribution is -2.57. The Hall–Kier alpha value is -2.12. The number of aliphatic carboxylic acids is 1. The lowest BCUT2D eigenvalue weighted by molar-refractivity contribution is -0.160. The fraction of sp³-hybridized carbons (Fsp3) is 0.750. The molecule has 134 valence electrons. The summed E-state index contributed by atoms with van der Waals surface area (Å²) in [6.45, 7) is 11.7. The number of aromatic nitrogens is 3. The average Bonchev–Trinajstić information content (AvgIpc) is 2.84. The first-order chi connectivity index (χ1) is 10.9.